The number of anilines is 4. The zero-order chi connectivity index (χ0) is 56.2. The van der Waals surface area contributed by atoms with E-state index < -0.39 is 14.6 Å². The molecule has 9 rings (SSSR count). The van der Waals surface area contributed by atoms with Crippen LogP contribution in [0.5, 0.6) is 5.75 Å². The number of aromatic nitrogens is 7. The summed E-state index contributed by atoms with van der Waals surface area (Å²) in [6, 6.07) is 5.95. The maximum absolute atomic E-state index is 14.3. The van der Waals surface area contributed by atoms with Crippen LogP contribution in [-0.4, -0.2) is 190 Å². The van der Waals surface area contributed by atoms with E-state index in [1.54, 1.807) is 58.4 Å². The molecule has 4 aliphatic heterocycles. The molecule has 3 fully saturated rings. The number of allylic oxidation sites excluding steroid dienone is 4. The van der Waals surface area contributed by atoms with Crippen molar-refractivity contribution in [1.29, 1.82) is 0 Å². The maximum atomic E-state index is 14.3. The lowest BCUT2D eigenvalue weighted by Gasteiger charge is -2.45. The van der Waals surface area contributed by atoms with Crippen molar-refractivity contribution in [2.45, 2.75) is 115 Å². The van der Waals surface area contributed by atoms with Crippen molar-refractivity contribution in [3.8, 4) is 5.75 Å². The van der Waals surface area contributed by atoms with E-state index >= 15 is 0 Å². The number of aryl methyl sites for hydroxylation is 2. The normalized spacial score (nSPS) is 20.8. The molecule has 3 N–H and O–H groups in total. The van der Waals surface area contributed by atoms with E-state index in [9.17, 15) is 22.4 Å². The molecular formula is C57H78FN15O5S. The average Bonchev–Trinajstić information content (AvgIpc) is 4.20. The van der Waals surface area contributed by atoms with Crippen molar-refractivity contribution in [2.24, 2.45) is 0 Å². The molecule has 0 saturated carbocycles. The summed E-state index contributed by atoms with van der Waals surface area (Å²) in [5, 5.41) is 14.4. The number of aromatic amines is 1. The molecular weight excluding hydrogens is 1030 g/mol. The number of H-pyrrole nitrogens is 1. The number of carbonyl (C=O) groups excluding carboxylic acids is 2. The first-order chi connectivity index (χ1) is 37.7. The van der Waals surface area contributed by atoms with Gasteiger partial charge in [-0.25, -0.2) is 32.7 Å². The number of benzene rings is 1. The number of nitrogens with one attached hydrogen (secondary N) is 3. The van der Waals surface area contributed by atoms with Gasteiger partial charge < -0.3 is 30.1 Å². The number of fused-ring (bicyclic) bond motifs is 2. The van der Waals surface area contributed by atoms with Gasteiger partial charge in [0.15, 0.2) is 9.84 Å². The summed E-state index contributed by atoms with van der Waals surface area (Å²) < 4.78 is 46.7. The second kappa shape index (κ2) is 24.1. The number of rotatable bonds is 18. The number of amides is 2. The van der Waals surface area contributed by atoms with E-state index in [1.807, 2.05) is 29.0 Å². The molecule has 0 spiro atoms. The first kappa shape index (κ1) is 57.2. The van der Waals surface area contributed by atoms with Gasteiger partial charge in [0.05, 0.1) is 46.6 Å². The molecule has 79 heavy (non-hydrogen) atoms. The Morgan fingerprint density at radius 3 is 2.43 bits per heavy atom. The van der Waals surface area contributed by atoms with E-state index in [2.05, 4.69) is 84.2 Å². The highest BCUT2D eigenvalue weighted by molar-refractivity contribution is 7.92. The molecule has 3 atom stereocenters. The fourth-order valence-corrected chi connectivity index (χ4v) is 12.2. The monoisotopic (exact) mass is 1100 g/mol. The van der Waals surface area contributed by atoms with Crippen molar-refractivity contribution in [1.82, 2.24) is 60.0 Å². The first-order valence-corrected chi connectivity index (χ1v) is 29.2. The van der Waals surface area contributed by atoms with E-state index in [-0.39, 0.29) is 58.4 Å². The minimum absolute atomic E-state index is 0.0751. The van der Waals surface area contributed by atoms with Crippen LogP contribution in [0.1, 0.15) is 95.4 Å². The molecule has 22 heteroatoms. The molecule has 2 amide bonds. The average molecular weight is 1100 g/mol. The molecule has 20 nitrogen and oxygen atoms in total. The van der Waals surface area contributed by atoms with Crippen LogP contribution in [0, 0.1) is 6.92 Å². The lowest BCUT2D eigenvalue weighted by atomic mass is 9.91. The Hall–Kier alpha value is -6.46. The van der Waals surface area contributed by atoms with Gasteiger partial charge in [-0.05, 0) is 91.5 Å². The SMILES string of the molecule is C/C=C(F)\C=C/CCc1cnc2c(c1)N(C(=O)CN1CC(C)NC[C@@H]1CN1CCN(c3ncc(C(=O)N4CCN(CCCOc5cc6ncnc(Nc7[nH]ncc7C)c6cc5S(=O)(=O)C(C)(C)C)CC4)cn3)C[C@H]1C)CC2(C)C. The van der Waals surface area contributed by atoms with Crippen molar-refractivity contribution < 1.29 is 27.1 Å². The van der Waals surface area contributed by atoms with Crippen LogP contribution >= 0.6 is 0 Å². The highest BCUT2D eigenvalue weighted by Crippen LogP contribution is 2.40. The summed E-state index contributed by atoms with van der Waals surface area (Å²) in [7, 11) is -3.83. The van der Waals surface area contributed by atoms with Crippen LogP contribution in [0.3, 0.4) is 0 Å². The number of sulfone groups is 1. The fourth-order valence-electron chi connectivity index (χ4n) is 10.9. The molecule has 1 aromatic carbocycles. The predicted molar refractivity (Wildman–Crippen MR) is 306 cm³/mol. The molecule has 424 valence electrons. The third-order valence-corrected chi connectivity index (χ3v) is 18.2. The highest BCUT2D eigenvalue weighted by Gasteiger charge is 2.42. The lowest BCUT2D eigenvalue weighted by molar-refractivity contribution is -0.120. The Bertz CT molecular complexity index is 3150. The highest BCUT2D eigenvalue weighted by atomic mass is 32.2. The van der Waals surface area contributed by atoms with Gasteiger partial charge in [-0.3, -0.25) is 34.4 Å². The van der Waals surface area contributed by atoms with E-state index in [1.165, 1.54) is 18.5 Å². The Morgan fingerprint density at radius 1 is 0.949 bits per heavy atom. The molecule has 1 unspecified atom stereocenters. The van der Waals surface area contributed by atoms with E-state index in [4.69, 9.17) is 19.7 Å². The fraction of sp³-hybridized carbons (Fsp3) is 0.544. The smallest absolute Gasteiger partial charge is 0.257 e. The van der Waals surface area contributed by atoms with Gasteiger partial charge in [0.25, 0.3) is 5.91 Å². The second-order valence-electron chi connectivity index (χ2n) is 23.2. The van der Waals surface area contributed by atoms with Crippen LogP contribution in [0.4, 0.5) is 27.7 Å². The molecule has 0 aliphatic carbocycles. The Morgan fingerprint density at radius 2 is 1.72 bits per heavy atom. The largest absolute Gasteiger partial charge is 0.492 e. The molecule has 5 aromatic rings. The lowest BCUT2D eigenvalue weighted by Crippen LogP contribution is -2.63. The van der Waals surface area contributed by atoms with Crippen LogP contribution < -0.4 is 25.2 Å². The molecule has 4 aromatic heterocycles. The van der Waals surface area contributed by atoms with Crippen molar-refractivity contribution in [3.63, 3.8) is 0 Å². The van der Waals surface area contributed by atoms with Gasteiger partial charge in [0.2, 0.25) is 11.9 Å². The van der Waals surface area contributed by atoms with Gasteiger partial charge in [0.1, 0.15) is 34.4 Å². The van der Waals surface area contributed by atoms with Crippen molar-refractivity contribution >= 4 is 55.8 Å². The Balaban J connectivity index is 0.739. The van der Waals surface area contributed by atoms with Crippen LogP contribution in [0.25, 0.3) is 10.9 Å². The number of pyridine rings is 1. The number of piperazine rings is 3. The summed E-state index contributed by atoms with van der Waals surface area (Å²) in [5.41, 5.74) is 4.43. The number of carbonyl (C=O) groups is 2. The van der Waals surface area contributed by atoms with Crippen LogP contribution in [0.2, 0.25) is 0 Å². The summed E-state index contributed by atoms with van der Waals surface area (Å²) >= 11 is 0. The van der Waals surface area contributed by atoms with E-state index in [0.717, 1.165) is 61.8 Å². The quantitative estimate of drug-likeness (QED) is 0.0654. The van der Waals surface area contributed by atoms with Gasteiger partial charge >= 0.3 is 0 Å². The zero-order valence-corrected chi connectivity index (χ0v) is 48.1. The van der Waals surface area contributed by atoms with Gasteiger partial charge in [-0.2, -0.15) is 5.10 Å². The minimum atomic E-state index is -3.83. The standard InChI is InChI=1S/C57H78FN15O5S/c1-10-43(58)15-12-11-14-41-24-47-51(60-28-41)57(8,9)36-73(47)50(74)35-72-32-39(3)59-31-44(72)34-70-21-22-71(33-40(70)4)55-61-29-42(30-62-55)54(75)69-19-17-68(18-20-69)16-13-23-78-48-26-46-45(25-49(48)79(76,77)56(5,6)7)53(64-37-63-46)66-52-38(2)27-65-67-52/h10,12,15,24-30,37,39-40,44,59H,11,13-14,16-23,31-36H2,1-9H3,(H2,63,64,65,66,67)/b15-12-,43-10+/t39?,40-,44-/m1/s1. The Labute approximate surface area is 464 Å². The zero-order valence-electron chi connectivity index (χ0n) is 47.3. The maximum Gasteiger partial charge on any atom is 0.257 e. The molecule has 8 heterocycles. The summed E-state index contributed by atoms with van der Waals surface area (Å²) in [5.74, 6) is 1.66. The van der Waals surface area contributed by atoms with Crippen molar-refractivity contribution in [3.05, 3.63) is 95.8 Å². The van der Waals surface area contributed by atoms with E-state index in [0.29, 0.717) is 99.1 Å². The number of halogens is 1. The number of hydrogen-bond donors (Lipinski definition) is 3. The minimum Gasteiger partial charge on any atom is -0.492 e. The van der Waals surface area contributed by atoms with Crippen molar-refractivity contribution in [2.75, 3.05) is 107 Å². The molecule has 3 saturated heterocycles. The number of nitrogens with zero attached hydrogens (tertiary/aromatic N) is 12. The van der Waals surface area contributed by atoms with Crippen LogP contribution in [0.15, 0.2) is 78.3 Å². The Kier molecular flexibility index (Phi) is 17.5. The molecule has 0 bridgehead atoms. The van der Waals surface area contributed by atoms with Crippen LogP contribution in [-0.2, 0) is 26.5 Å². The molecule has 0 radical (unpaired) electrons. The van der Waals surface area contributed by atoms with Gasteiger partial charge in [-0.15, -0.1) is 0 Å². The van der Waals surface area contributed by atoms with Gasteiger partial charge in [-0.1, -0.05) is 26.0 Å². The topological polar surface area (TPSA) is 214 Å². The first-order valence-electron chi connectivity index (χ1n) is 27.7. The summed E-state index contributed by atoms with van der Waals surface area (Å²) in [6.45, 7) is 26.2. The van der Waals surface area contributed by atoms with Gasteiger partial charge in [0, 0.05) is 138 Å². The number of hydrogen-bond acceptors (Lipinski definition) is 17. The second-order valence-corrected chi connectivity index (χ2v) is 25.9. The molecule has 4 aliphatic rings. The third kappa shape index (κ3) is 13.1. The predicted octanol–water partition coefficient (Wildman–Crippen LogP) is 6.25. The summed E-state index contributed by atoms with van der Waals surface area (Å²) in [6.07, 6.45) is 15.1. The number of ether oxygens (including phenoxy) is 1. The third-order valence-electron chi connectivity index (χ3n) is 15.7. The summed E-state index contributed by atoms with van der Waals surface area (Å²) in [4.78, 5) is 64.3.